The van der Waals surface area contributed by atoms with Gasteiger partial charge in [0.15, 0.2) is 5.78 Å². The molecule has 0 aliphatic heterocycles. The van der Waals surface area contributed by atoms with E-state index in [2.05, 4.69) is 29.8 Å². The highest BCUT2D eigenvalue weighted by molar-refractivity contribution is 9.10. The van der Waals surface area contributed by atoms with E-state index in [0.29, 0.717) is 33.9 Å². The Bertz CT molecular complexity index is 429. The second-order valence-electron chi connectivity index (χ2n) is 4.30. The Balaban J connectivity index is 3.09. The number of Topliss-reactive ketones (excluding diaryl/α,β-unsaturated/α-hetero) is 1. The first kappa shape index (κ1) is 15.0. The van der Waals surface area contributed by atoms with Crippen LogP contribution in [0.3, 0.4) is 0 Å². The molecule has 4 heteroatoms. The number of halogens is 1. The van der Waals surface area contributed by atoms with Gasteiger partial charge in [0.2, 0.25) is 0 Å². The molecule has 1 aromatic carbocycles. The van der Waals surface area contributed by atoms with Crippen molar-refractivity contribution in [2.24, 2.45) is 5.92 Å². The zero-order valence-corrected chi connectivity index (χ0v) is 12.8. The molecule has 0 aliphatic carbocycles. The van der Waals surface area contributed by atoms with Crippen molar-refractivity contribution in [2.75, 3.05) is 14.2 Å². The van der Waals surface area contributed by atoms with Crippen molar-refractivity contribution in [1.82, 2.24) is 0 Å². The van der Waals surface area contributed by atoms with Gasteiger partial charge in [-0.1, -0.05) is 20.3 Å². The molecule has 0 N–H and O–H groups in total. The first-order valence-electron chi connectivity index (χ1n) is 5.98. The van der Waals surface area contributed by atoms with Crippen LogP contribution in [0.2, 0.25) is 0 Å². The van der Waals surface area contributed by atoms with Gasteiger partial charge in [-0.05, 0) is 34.0 Å². The van der Waals surface area contributed by atoms with Gasteiger partial charge in [0.05, 0.1) is 19.8 Å². The third kappa shape index (κ3) is 3.25. The average molecular weight is 315 g/mol. The highest BCUT2D eigenvalue weighted by Gasteiger charge is 2.19. The first-order valence-corrected chi connectivity index (χ1v) is 6.78. The molecule has 0 heterocycles. The molecule has 0 saturated carbocycles. The van der Waals surface area contributed by atoms with Crippen molar-refractivity contribution in [3.05, 3.63) is 22.2 Å². The minimum Gasteiger partial charge on any atom is -0.495 e. The maximum Gasteiger partial charge on any atom is 0.166 e. The molecule has 0 aliphatic rings. The van der Waals surface area contributed by atoms with Gasteiger partial charge in [-0.3, -0.25) is 4.79 Å². The van der Waals surface area contributed by atoms with E-state index in [9.17, 15) is 4.79 Å². The molecule has 0 radical (unpaired) electrons. The SMILES string of the molecule is CCC(C)CC(=O)c1ccc(OC)c(Br)c1OC. The summed E-state index contributed by atoms with van der Waals surface area (Å²) in [7, 11) is 3.14. The summed E-state index contributed by atoms with van der Waals surface area (Å²) >= 11 is 3.40. The standard InChI is InChI=1S/C14H19BrO3/c1-5-9(2)8-11(16)10-6-7-12(17-3)13(15)14(10)18-4/h6-7,9H,5,8H2,1-4H3. The fourth-order valence-corrected chi connectivity index (χ4v) is 2.36. The van der Waals surface area contributed by atoms with Gasteiger partial charge in [0, 0.05) is 6.42 Å². The van der Waals surface area contributed by atoms with E-state index in [0.717, 1.165) is 6.42 Å². The highest BCUT2D eigenvalue weighted by atomic mass is 79.9. The second-order valence-corrected chi connectivity index (χ2v) is 5.10. The van der Waals surface area contributed by atoms with E-state index in [-0.39, 0.29) is 5.78 Å². The summed E-state index contributed by atoms with van der Waals surface area (Å²) in [6, 6.07) is 3.53. The molecule has 100 valence electrons. The van der Waals surface area contributed by atoms with Crippen molar-refractivity contribution in [3.63, 3.8) is 0 Å². The van der Waals surface area contributed by atoms with Crippen molar-refractivity contribution in [1.29, 1.82) is 0 Å². The molecule has 0 amide bonds. The average Bonchev–Trinajstić information content (AvgIpc) is 2.37. The van der Waals surface area contributed by atoms with E-state index in [1.165, 1.54) is 0 Å². The quantitative estimate of drug-likeness (QED) is 0.742. The molecule has 0 bridgehead atoms. The Morgan fingerprint density at radius 1 is 1.33 bits per heavy atom. The molecule has 1 atom stereocenters. The Kier molecular flexibility index (Phi) is 5.66. The van der Waals surface area contributed by atoms with Crippen LogP contribution in [-0.2, 0) is 0 Å². The van der Waals surface area contributed by atoms with Crippen LogP contribution in [0.4, 0.5) is 0 Å². The van der Waals surface area contributed by atoms with E-state index < -0.39 is 0 Å². The van der Waals surface area contributed by atoms with Crippen LogP contribution in [0.25, 0.3) is 0 Å². The van der Waals surface area contributed by atoms with Crippen LogP contribution in [0.5, 0.6) is 11.5 Å². The Labute approximate surface area is 117 Å². The van der Waals surface area contributed by atoms with E-state index >= 15 is 0 Å². The fourth-order valence-electron chi connectivity index (χ4n) is 1.69. The smallest absolute Gasteiger partial charge is 0.166 e. The van der Waals surface area contributed by atoms with Gasteiger partial charge in [0.1, 0.15) is 16.0 Å². The maximum atomic E-state index is 12.2. The fraction of sp³-hybridized carbons (Fsp3) is 0.500. The van der Waals surface area contributed by atoms with E-state index in [1.807, 2.05) is 0 Å². The predicted molar refractivity (Wildman–Crippen MR) is 75.6 cm³/mol. The van der Waals surface area contributed by atoms with Crippen LogP contribution < -0.4 is 9.47 Å². The molecule has 0 spiro atoms. The monoisotopic (exact) mass is 314 g/mol. The molecular formula is C14H19BrO3. The molecule has 1 aromatic rings. The van der Waals surface area contributed by atoms with Crippen LogP contribution in [0.15, 0.2) is 16.6 Å². The number of carbonyl (C=O) groups is 1. The van der Waals surface area contributed by atoms with Gasteiger partial charge in [-0.15, -0.1) is 0 Å². The second kappa shape index (κ2) is 6.78. The van der Waals surface area contributed by atoms with Gasteiger partial charge in [0.25, 0.3) is 0 Å². The number of carbonyl (C=O) groups excluding carboxylic acids is 1. The van der Waals surface area contributed by atoms with Crippen LogP contribution >= 0.6 is 15.9 Å². The predicted octanol–water partition coefficient (Wildman–Crippen LogP) is 4.09. The van der Waals surface area contributed by atoms with Crippen molar-refractivity contribution < 1.29 is 14.3 Å². The number of ketones is 1. The van der Waals surface area contributed by atoms with E-state index in [4.69, 9.17) is 9.47 Å². The van der Waals surface area contributed by atoms with Gasteiger partial charge in [-0.25, -0.2) is 0 Å². The minimum absolute atomic E-state index is 0.101. The van der Waals surface area contributed by atoms with Crippen molar-refractivity contribution >= 4 is 21.7 Å². The van der Waals surface area contributed by atoms with Crippen molar-refractivity contribution in [2.45, 2.75) is 26.7 Å². The molecule has 3 nitrogen and oxygen atoms in total. The summed E-state index contributed by atoms with van der Waals surface area (Å²) in [5.41, 5.74) is 0.602. The number of methoxy groups -OCH3 is 2. The van der Waals surface area contributed by atoms with Gasteiger partial charge < -0.3 is 9.47 Å². The molecule has 1 rings (SSSR count). The van der Waals surface area contributed by atoms with Gasteiger partial charge >= 0.3 is 0 Å². The lowest BCUT2D eigenvalue weighted by Crippen LogP contribution is -2.07. The number of hydrogen-bond acceptors (Lipinski definition) is 3. The minimum atomic E-state index is 0.101. The molecule has 0 aromatic heterocycles. The summed E-state index contributed by atoms with van der Waals surface area (Å²) < 4.78 is 11.2. The van der Waals surface area contributed by atoms with Crippen LogP contribution in [-0.4, -0.2) is 20.0 Å². The maximum absolute atomic E-state index is 12.2. The number of hydrogen-bond donors (Lipinski definition) is 0. The largest absolute Gasteiger partial charge is 0.495 e. The van der Waals surface area contributed by atoms with Crippen molar-refractivity contribution in [3.8, 4) is 11.5 Å². The third-order valence-corrected chi connectivity index (χ3v) is 3.77. The van der Waals surface area contributed by atoms with Crippen LogP contribution in [0.1, 0.15) is 37.0 Å². The lowest BCUT2D eigenvalue weighted by atomic mass is 9.97. The normalized spacial score (nSPS) is 12.1. The topological polar surface area (TPSA) is 35.5 Å². The highest BCUT2D eigenvalue weighted by Crippen LogP contribution is 2.37. The van der Waals surface area contributed by atoms with Crippen LogP contribution in [0, 0.1) is 5.92 Å². The summed E-state index contributed by atoms with van der Waals surface area (Å²) in [6.07, 6.45) is 1.52. The number of ether oxygens (including phenoxy) is 2. The molecule has 18 heavy (non-hydrogen) atoms. The molecular weight excluding hydrogens is 296 g/mol. The molecule has 1 unspecified atom stereocenters. The Hall–Kier alpha value is -1.03. The Morgan fingerprint density at radius 3 is 2.50 bits per heavy atom. The third-order valence-electron chi connectivity index (χ3n) is 3.02. The zero-order chi connectivity index (χ0) is 13.7. The number of rotatable bonds is 6. The summed E-state index contributed by atoms with van der Waals surface area (Å²) in [6.45, 7) is 4.15. The van der Waals surface area contributed by atoms with E-state index in [1.54, 1.807) is 26.4 Å². The Morgan fingerprint density at radius 2 is 2.00 bits per heavy atom. The number of benzene rings is 1. The lowest BCUT2D eigenvalue weighted by molar-refractivity contribution is 0.0960. The zero-order valence-electron chi connectivity index (χ0n) is 11.2. The summed E-state index contributed by atoms with van der Waals surface area (Å²) in [4.78, 5) is 12.2. The molecule has 0 fully saturated rings. The lowest BCUT2D eigenvalue weighted by Gasteiger charge is -2.14. The molecule has 0 saturated heterocycles. The summed E-state index contributed by atoms with van der Waals surface area (Å²) in [5, 5.41) is 0. The first-order chi connectivity index (χ1) is 8.54. The summed E-state index contributed by atoms with van der Waals surface area (Å²) in [5.74, 6) is 1.68. The van der Waals surface area contributed by atoms with Gasteiger partial charge in [-0.2, -0.15) is 0 Å².